The van der Waals surface area contributed by atoms with E-state index in [0.29, 0.717) is 6.54 Å². The summed E-state index contributed by atoms with van der Waals surface area (Å²) in [6, 6.07) is 4.26. The summed E-state index contributed by atoms with van der Waals surface area (Å²) in [4.78, 5) is 15.1. The van der Waals surface area contributed by atoms with Gasteiger partial charge in [0, 0.05) is 18.0 Å². The van der Waals surface area contributed by atoms with E-state index in [1.54, 1.807) is 18.4 Å². The van der Waals surface area contributed by atoms with Crippen LogP contribution in [0.15, 0.2) is 15.9 Å². The lowest BCUT2D eigenvalue weighted by atomic mass is 10.0. The topological polar surface area (TPSA) is 58.4 Å². The molecule has 3 N–H and O–H groups in total. The van der Waals surface area contributed by atoms with Crippen molar-refractivity contribution in [3.63, 3.8) is 0 Å². The van der Waals surface area contributed by atoms with Crippen LogP contribution in [0, 0.1) is 0 Å². The fourth-order valence-corrected chi connectivity index (χ4v) is 3.87. The average Bonchev–Trinajstić information content (AvgIpc) is 2.85. The van der Waals surface area contributed by atoms with E-state index in [2.05, 4.69) is 46.1 Å². The molecule has 1 aromatic heterocycles. The van der Waals surface area contributed by atoms with Gasteiger partial charge >= 0.3 is 0 Å². The van der Waals surface area contributed by atoms with Crippen LogP contribution >= 0.6 is 27.3 Å². The van der Waals surface area contributed by atoms with Gasteiger partial charge in [-0.1, -0.05) is 13.8 Å². The minimum atomic E-state index is 0.0248. The second kappa shape index (κ2) is 8.77. The van der Waals surface area contributed by atoms with Crippen LogP contribution in [0.4, 0.5) is 0 Å². The van der Waals surface area contributed by atoms with E-state index in [1.165, 1.54) is 4.88 Å². The minimum Gasteiger partial charge on any atom is -0.358 e. The van der Waals surface area contributed by atoms with E-state index in [0.717, 1.165) is 23.2 Å². The lowest BCUT2D eigenvalue weighted by Gasteiger charge is -2.34. The number of carbonyl (C=O) groups is 1. The number of carbonyl (C=O) groups excluding carboxylic acids is 1. The van der Waals surface area contributed by atoms with Crippen LogP contribution in [0.3, 0.4) is 0 Å². The van der Waals surface area contributed by atoms with Crippen LogP contribution in [0.1, 0.15) is 37.6 Å². The summed E-state index contributed by atoms with van der Waals surface area (Å²) in [7, 11) is 1.67. The van der Waals surface area contributed by atoms with Crippen molar-refractivity contribution in [2.75, 3.05) is 20.1 Å². The number of nitrogens with one attached hydrogen (secondary N) is 1. The quantitative estimate of drug-likeness (QED) is 0.748. The van der Waals surface area contributed by atoms with E-state index in [-0.39, 0.29) is 18.0 Å². The molecule has 0 saturated heterocycles. The van der Waals surface area contributed by atoms with Crippen LogP contribution in [-0.2, 0) is 4.79 Å². The number of amides is 1. The summed E-state index contributed by atoms with van der Waals surface area (Å²) in [6.45, 7) is 5.46. The summed E-state index contributed by atoms with van der Waals surface area (Å²) in [5.74, 6) is 0.0300. The Morgan fingerprint density at radius 2 is 2.20 bits per heavy atom. The van der Waals surface area contributed by atoms with Crippen molar-refractivity contribution in [1.82, 2.24) is 10.2 Å². The van der Waals surface area contributed by atoms with Crippen LogP contribution in [0.2, 0.25) is 0 Å². The van der Waals surface area contributed by atoms with Crippen molar-refractivity contribution < 1.29 is 4.79 Å². The zero-order chi connectivity index (χ0) is 15.1. The summed E-state index contributed by atoms with van der Waals surface area (Å²) in [5, 5.41) is 2.70. The number of thiophene rings is 1. The largest absolute Gasteiger partial charge is 0.358 e. The highest BCUT2D eigenvalue weighted by molar-refractivity contribution is 9.11. The van der Waals surface area contributed by atoms with E-state index < -0.39 is 0 Å². The Kier molecular flexibility index (Phi) is 7.72. The molecule has 6 heteroatoms. The summed E-state index contributed by atoms with van der Waals surface area (Å²) in [6.07, 6.45) is 1.88. The second-order valence-electron chi connectivity index (χ2n) is 4.80. The molecule has 0 aliphatic rings. The molecule has 0 radical (unpaired) electrons. The number of nitrogens with zero attached hydrogens (tertiary/aromatic N) is 1. The molecule has 4 nitrogen and oxygen atoms in total. The maximum absolute atomic E-state index is 11.7. The molecule has 114 valence electrons. The number of rotatable bonds is 8. The highest BCUT2D eigenvalue weighted by Crippen LogP contribution is 2.33. The van der Waals surface area contributed by atoms with Crippen molar-refractivity contribution in [1.29, 1.82) is 0 Å². The van der Waals surface area contributed by atoms with Gasteiger partial charge in [0.2, 0.25) is 5.91 Å². The molecule has 1 rings (SSSR count). The van der Waals surface area contributed by atoms with Crippen LogP contribution in [0.5, 0.6) is 0 Å². The zero-order valence-electron chi connectivity index (χ0n) is 12.4. The maximum atomic E-state index is 11.7. The third kappa shape index (κ3) is 4.84. The molecule has 0 bridgehead atoms. The molecule has 0 aliphatic carbocycles. The first-order valence-electron chi connectivity index (χ1n) is 6.98. The van der Waals surface area contributed by atoms with Gasteiger partial charge in [-0.25, -0.2) is 0 Å². The minimum absolute atomic E-state index is 0.0248. The molecule has 0 fully saturated rings. The third-order valence-corrected chi connectivity index (χ3v) is 4.99. The summed E-state index contributed by atoms with van der Waals surface area (Å²) in [5.41, 5.74) is 6.32. The molecule has 1 amide bonds. The van der Waals surface area contributed by atoms with Crippen LogP contribution < -0.4 is 11.1 Å². The number of hydrogen-bond donors (Lipinski definition) is 2. The van der Waals surface area contributed by atoms with Crippen molar-refractivity contribution in [3.8, 4) is 0 Å². The van der Waals surface area contributed by atoms with Crippen molar-refractivity contribution in [3.05, 3.63) is 20.8 Å². The predicted octanol–water partition coefficient (Wildman–Crippen LogP) is 2.75. The van der Waals surface area contributed by atoms with Gasteiger partial charge in [-0.3, -0.25) is 9.69 Å². The molecule has 0 saturated carbocycles. The Balaban J connectivity index is 3.01. The zero-order valence-corrected chi connectivity index (χ0v) is 14.8. The molecular weight excluding hydrogens is 338 g/mol. The fraction of sp³-hybridized carbons (Fsp3) is 0.643. The van der Waals surface area contributed by atoms with Gasteiger partial charge in [-0.05, 0) is 47.4 Å². The highest BCUT2D eigenvalue weighted by Gasteiger charge is 2.27. The third-order valence-electron chi connectivity index (χ3n) is 3.29. The Morgan fingerprint density at radius 3 is 2.65 bits per heavy atom. The van der Waals surface area contributed by atoms with Gasteiger partial charge in [0.25, 0.3) is 0 Å². The van der Waals surface area contributed by atoms with E-state index in [4.69, 9.17) is 5.73 Å². The van der Waals surface area contributed by atoms with Gasteiger partial charge in [0.1, 0.15) is 0 Å². The molecule has 0 aliphatic heterocycles. The summed E-state index contributed by atoms with van der Waals surface area (Å²) < 4.78 is 1.09. The number of nitrogens with two attached hydrogens (primary N) is 1. The van der Waals surface area contributed by atoms with Crippen molar-refractivity contribution >= 4 is 33.2 Å². The number of likely N-dealkylation sites (N-methyl/N-ethyl adjacent to an activating group) is 1. The first-order valence-corrected chi connectivity index (χ1v) is 8.59. The Hall–Kier alpha value is -0.430. The van der Waals surface area contributed by atoms with E-state index in [1.807, 2.05) is 6.07 Å². The maximum Gasteiger partial charge on any atom is 0.233 e. The van der Waals surface area contributed by atoms with Crippen LogP contribution in [0.25, 0.3) is 0 Å². The Labute approximate surface area is 133 Å². The van der Waals surface area contributed by atoms with Crippen molar-refractivity contribution in [2.24, 2.45) is 5.73 Å². The molecule has 2 atom stereocenters. The molecule has 1 heterocycles. The monoisotopic (exact) mass is 361 g/mol. The van der Waals surface area contributed by atoms with Crippen molar-refractivity contribution in [2.45, 2.75) is 38.8 Å². The highest BCUT2D eigenvalue weighted by atomic mass is 79.9. The smallest absolute Gasteiger partial charge is 0.233 e. The second-order valence-corrected chi connectivity index (χ2v) is 7.30. The lowest BCUT2D eigenvalue weighted by Crippen LogP contribution is -2.45. The SMILES string of the molecule is CCCN(CC(=O)NC)C(c1ccc(Br)s1)C(N)CC. The standard InChI is InChI=1S/C14H24BrN3OS/c1-4-8-18(9-13(19)17-3)14(10(16)5-2)11-6-7-12(15)20-11/h6-7,10,14H,4-5,8-9,16H2,1-3H3,(H,17,19). The van der Waals surface area contributed by atoms with Gasteiger partial charge in [0.05, 0.1) is 16.4 Å². The predicted molar refractivity (Wildman–Crippen MR) is 89.0 cm³/mol. The normalized spacial score (nSPS) is 14.3. The summed E-state index contributed by atoms with van der Waals surface area (Å²) >= 11 is 5.20. The first kappa shape index (κ1) is 17.6. The first-order chi connectivity index (χ1) is 9.53. The molecule has 1 aromatic rings. The van der Waals surface area contributed by atoms with E-state index >= 15 is 0 Å². The number of hydrogen-bond acceptors (Lipinski definition) is 4. The van der Waals surface area contributed by atoms with Gasteiger partial charge in [0.15, 0.2) is 0 Å². The molecule has 0 spiro atoms. The lowest BCUT2D eigenvalue weighted by molar-refractivity contribution is -0.122. The molecule has 2 unspecified atom stereocenters. The van der Waals surface area contributed by atoms with Gasteiger partial charge in [-0.15, -0.1) is 11.3 Å². The Morgan fingerprint density at radius 1 is 1.50 bits per heavy atom. The van der Waals surface area contributed by atoms with E-state index in [9.17, 15) is 4.79 Å². The van der Waals surface area contributed by atoms with Gasteiger partial charge < -0.3 is 11.1 Å². The molecule has 20 heavy (non-hydrogen) atoms. The average molecular weight is 362 g/mol. The van der Waals surface area contributed by atoms with Gasteiger partial charge in [-0.2, -0.15) is 0 Å². The number of halogens is 1. The molecular formula is C14H24BrN3OS. The molecule has 0 aromatic carbocycles. The van der Waals surface area contributed by atoms with Crippen LogP contribution in [-0.4, -0.2) is 37.0 Å². The Bertz CT molecular complexity index is 424. The fourth-order valence-electron chi connectivity index (χ4n) is 2.24.